The van der Waals surface area contributed by atoms with E-state index in [-0.39, 0.29) is 0 Å². The van der Waals surface area contributed by atoms with Crippen LogP contribution in [0, 0.1) is 0 Å². The van der Waals surface area contributed by atoms with E-state index in [4.69, 9.17) is 4.98 Å². The monoisotopic (exact) mass is 321 g/mol. The van der Waals surface area contributed by atoms with Crippen molar-refractivity contribution in [2.45, 2.75) is 20.0 Å². The molecule has 24 heavy (non-hydrogen) atoms. The van der Waals surface area contributed by atoms with Gasteiger partial charge in [-0.1, -0.05) is 12.1 Å². The van der Waals surface area contributed by atoms with Crippen LogP contribution >= 0.6 is 0 Å². The van der Waals surface area contributed by atoms with Crippen molar-refractivity contribution in [2.75, 3.05) is 11.9 Å². The number of anilines is 1. The largest absolute Gasteiger partial charge is 0.351 e. The van der Waals surface area contributed by atoms with E-state index in [1.807, 2.05) is 32.4 Å². The Labute approximate surface area is 139 Å². The molecule has 122 valence electrons. The third kappa shape index (κ3) is 2.20. The standard InChI is InChI=1S/C17H19N7/c1-4-24-14-8-6-5-7-13(14)21-15(24)10-22(2)16-12-9-20-23(3)17(12)19-11-18-16/h5-9,11H,4,10H2,1-3H3. The maximum atomic E-state index is 4.79. The van der Waals surface area contributed by atoms with Gasteiger partial charge >= 0.3 is 0 Å². The van der Waals surface area contributed by atoms with Crippen molar-refractivity contribution in [2.24, 2.45) is 7.05 Å². The second-order valence-corrected chi connectivity index (χ2v) is 5.82. The van der Waals surface area contributed by atoms with Crippen molar-refractivity contribution in [3.8, 4) is 0 Å². The third-order valence-corrected chi connectivity index (χ3v) is 4.30. The van der Waals surface area contributed by atoms with Crippen molar-refractivity contribution >= 4 is 27.9 Å². The van der Waals surface area contributed by atoms with Crippen LogP contribution in [0.25, 0.3) is 22.1 Å². The Hall–Kier alpha value is -2.96. The molecule has 4 aromatic rings. The highest BCUT2D eigenvalue weighted by atomic mass is 15.3. The highest BCUT2D eigenvalue weighted by Gasteiger charge is 2.15. The summed E-state index contributed by atoms with van der Waals surface area (Å²) < 4.78 is 4.00. The van der Waals surface area contributed by atoms with Crippen LogP contribution in [0.3, 0.4) is 0 Å². The van der Waals surface area contributed by atoms with E-state index in [1.54, 1.807) is 11.0 Å². The molecule has 0 aliphatic carbocycles. The average Bonchev–Trinajstić information content (AvgIpc) is 3.15. The minimum atomic E-state index is 0.670. The molecule has 0 radical (unpaired) electrons. The Morgan fingerprint density at radius 3 is 2.83 bits per heavy atom. The van der Waals surface area contributed by atoms with Gasteiger partial charge in [-0.05, 0) is 19.1 Å². The first kappa shape index (κ1) is 14.6. The fraction of sp³-hybridized carbons (Fsp3) is 0.294. The summed E-state index contributed by atoms with van der Waals surface area (Å²) in [6.45, 7) is 3.70. The quantitative estimate of drug-likeness (QED) is 0.577. The summed E-state index contributed by atoms with van der Waals surface area (Å²) >= 11 is 0. The molecule has 0 N–H and O–H groups in total. The molecule has 0 bridgehead atoms. The molecule has 0 amide bonds. The lowest BCUT2D eigenvalue weighted by molar-refractivity contribution is 0.700. The van der Waals surface area contributed by atoms with E-state index in [2.05, 4.69) is 43.6 Å². The summed E-state index contributed by atoms with van der Waals surface area (Å²) in [6.07, 6.45) is 3.39. The van der Waals surface area contributed by atoms with Gasteiger partial charge in [0, 0.05) is 20.6 Å². The Bertz CT molecular complexity index is 1010. The summed E-state index contributed by atoms with van der Waals surface area (Å²) in [5, 5.41) is 5.23. The first-order valence-electron chi connectivity index (χ1n) is 7.97. The summed E-state index contributed by atoms with van der Waals surface area (Å²) in [5.74, 6) is 1.89. The van der Waals surface area contributed by atoms with Gasteiger partial charge in [-0.25, -0.2) is 15.0 Å². The highest BCUT2D eigenvalue weighted by Crippen LogP contribution is 2.23. The number of benzene rings is 1. The molecule has 4 rings (SSSR count). The molecule has 1 aromatic carbocycles. The van der Waals surface area contributed by atoms with E-state index < -0.39 is 0 Å². The van der Waals surface area contributed by atoms with Crippen LogP contribution in [-0.4, -0.2) is 36.3 Å². The van der Waals surface area contributed by atoms with E-state index in [0.29, 0.717) is 6.54 Å². The molecule has 0 aliphatic rings. The Balaban J connectivity index is 1.75. The molecule has 7 nitrogen and oxygen atoms in total. The normalized spacial score (nSPS) is 11.5. The van der Waals surface area contributed by atoms with Crippen molar-refractivity contribution in [3.63, 3.8) is 0 Å². The number of rotatable bonds is 4. The molecular formula is C17H19N7. The zero-order valence-electron chi connectivity index (χ0n) is 14.0. The van der Waals surface area contributed by atoms with Crippen LogP contribution < -0.4 is 4.90 Å². The summed E-state index contributed by atoms with van der Waals surface area (Å²) in [6, 6.07) is 8.23. The topological polar surface area (TPSA) is 64.7 Å². The number of aryl methyl sites for hydroxylation is 2. The third-order valence-electron chi connectivity index (χ3n) is 4.30. The van der Waals surface area contributed by atoms with Gasteiger partial charge in [-0.2, -0.15) is 5.10 Å². The number of fused-ring (bicyclic) bond motifs is 2. The van der Waals surface area contributed by atoms with Crippen LogP contribution in [0.4, 0.5) is 5.82 Å². The Morgan fingerprint density at radius 1 is 1.17 bits per heavy atom. The average molecular weight is 321 g/mol. The number of hydrogen-bond acceptors (Lipinski definition) is 5. The maximum Gasteiger partial charge on any atom is 0.163 e. The smallest absolute Gasteiger partial charge is 0.163 e. The number of nitrogens with zero attached hydrogens (tertiary/aromatic N) is 7. The van der Waals surface area contributed by atoms with Crippen LogP contribution in [0.5, 0.6) is 0 Å². The number of hydrogen-bond donors (Lipinski definition) is 0. The second-order valence-electron chi connectivity index (χ2n) is 5.82. The van der Waals surface area contributed by atoms with Gasteiger partial charge in [0.25, 0.3) is 0 Å². The summed E-state index contributed by atoms with van der Waals surface area (Å²) in [7, 11) is 3.91. The predicted molar refractivity (Wildman–Crippen MR) is 93.8 cm³/mol. The fourth-order valence-corrected chi connectivity index (χ4v) is 3.14. The van der Waals surface area contributed by atoms with Crippen molar-refractivity contribution in [3.05, 3.63) is 42.6 Å². The maximum absolute atomic E-state index is 4.79. The molecule has 3 aromatic heterocycles. The minimum Gasteiger partial charge on any atom is -0.351 e. The molecule has 7 heteroatoms. The summed E-state index contributed by atoms with van der Waals surface area (Å²) in [4.78, 5) is 15.6. The molecular weight excluding hydrogens is 302 g/mol. The molecule has 0 atom stereocenters. The van der Waals surface area contributed by atoms with Gasteiger partial charge < -0.3 is 9.47 Å². The van der Waals surface area contributed by atoms with Gasteiger partial charge in [-0.3, -0.25) is 4.68 Å². The van der Waals surface area contributed by atoms with Crippen LogP contribution in [0.15, 0.2) is 36.8 Å². The summed E-state index contributed by atoms with van der Waals surface area (Å²) in [5.41, 5.74) is 3.02. The molecule has 0 saturated heterocycles. The van der Waals surface area contributed by atoms with Gasteiger partial charge in [0.15, 0.2) is 5.65 Å². The van der Waals surface area contributed by atoms with Gasteiger partial charge in [0.1, 0.15) is 18.0 Å². The molecule has 0 aliphatic heterocycles. The lowest BCUT2D eigenvalue weighted by Crippen LogP contribution is -2.21. The first-order valence-corrected chi connectivity index (χ1v) is 7.97. The van der Waals surface area contributed by atoms with Gasteiger partial charge in [0.05, 0.1) is 29.2 Å². The Kier molecular flexibility index (Phi) is 3.41. The van der Waals surface area contributed by atoms with Crippen LogP contribution in [0.2, 0.25) is 0 Å². The lowest BCUT2D eigenvalue weighted by Gasteiger charge is -2.18. The SMILES string of the molecule is CCn1c(CN(C)c2ncnc3c2cnn3C)nc2ccccc21. The van der Waals surface area contributed by atoms with Crippen molar-refractivity contribution in [1.29, 1.82) is 0 Å². The van der Waals surface area contributed by atoms with Crippen molar-refractivity contribution in [1.82, 2.24) is 29.3 Å². The zero-order chi connectivity index (χ0) is 16.7. The molecule has 3 heterocycles. The van der Waals surface area contributed by atoms with E-state index in [9.17, 15) is 0 Å². The molecule has 0 unspecified atom stereocenters. The lowest BCUT2D eigenvalue weighted by atomic mass is 10.3. The van der Waals surface area contributed by atoms with Crippen LogP contribution in [0.1, 0.15) is 12.7 Å². The van der Waals surface area contributed by atoms with E-state index in [1.165, 1.54) is 0 Å². The molecule has 0 spiro atoms. The number of aromatic nitrogens is 6. The minimum absolute atomic E-state index is 0.670. The van der Waals surface area contributed by atoms with Gasteiger partial charge in [0.2, 0.25) is 0 Å². The Morgan fingerprint density at radius 2 is 2.00 bits per heavy atom. The predicted octanol–water partition coefficient (Wildman–Crippen LogP) is 2.37. The highest BCUT2D eigenvalue weighted by molar-refractivity contribution is 5.86. The zero-order valence-corrected chi connectivity index (χ0v) is 14.0. The molecule has 0 fully saturated rings. The van der Waals surface area contributed by atoms with Gasteiger partial charge in [-0.15, -0.1) is 0 Å². The van der Waals surface area contributed by atoms with E-state index in [0.717, 1.165) is 40.3 Å². The second kappa shape index (κ2) is 5.59. The van der Waals surface area contributed by atoms with Crippen molar-refractivity contribution < 1.29 is 0 Å². The van der Waals surface area contributed by atoms with E-state index >= 15 is 0 Å². The molecule has 0 saturated carbocycles. The first-order chi connectivity index (χ1) is 11.7. The van der Waals surface area contributed by atoms with Crippen LogP contribution in [-0.2, 0) is 20.1 Å². The number of para-hydroxylation sites is 2. The number of imidazole rings is 1. The fourth-order valence-electron chi connectivity index (χ4n) is 3.14.